The Kier molecular flexibility index (Phi) is 4.61. The van der Waals surface area contributed by atoms with Crippen molar-refractivity contribution in [3.05, 3.63) is 35.9 Å². The van der Waals surface area contributed by atoms with Gasteiger partial charge in [0.25, 0.3) is 0 Å². The Hall–Kier alpha value is -0.820. The number of rotatable bonds is 5. The van der Waals surface area contributed by atoms with Crippen LogP contribution in [-0.4, -0.2) is 12.1 Å². The van der Waals surface area contributed by atoms with E-state index in [-0.39, 0.29) is 0 Å². The Labute approximate surface area is 106 Å². The molecule has 1 unspecified atom stereocenters. The van der Waals surface area contributed by atoms with E-state index in [1.165, 1.54) is 31.2 Å². The largest absolute Gasteiger partial charge is 0.311 e. The molecule has 0 spiro atoms. The van der Waals surface area contributed by atoms with E-state index in [9.17, 15) is 0 Å². The van der Waals surface area contributed by atoms with Crippen molar-refractivity contribution >= 4 is 0 Å². The van der Waals surface area contributed by atoms with Gasteiger partial charge in [0.05, 0.1) is 0 Å². The van der Waals surface area contributed by atoms with Crippen LogP contribution in [0.15, 0.2) is 30.3 Å². The van der Waals surface area contributed by atoms with E-state index < -0.39 is 0 Å². The quantitative estimate of drug-likeness (QED) is 0.813. The molecule has 0 radical (unpaired) electrons. The van der Waals surface area contributed by atoms with Crippen LogP contribution in [0.25, 0.3) is 0 Å². The molecule has 0 aromatic heterocycles. The molecule has 1 N–H and O–H groups in total. The maximum absolute atomic E-state index is 3.77. The van der Waals surface area contributed by atoms with Crippen molar-refractivity contribution in [3.63, 3.8) is 0 Å². The fourth-order valence-corrected chi connectivity index (χ4v) is 3.07. The Bertz CT molecular complexity index is 314. The van der Waals surface area contributed by atoms with Crippen LogP contribution in [0.3, 0.4) is 0 Å². The minimum Gasteiger partial charge on any atom is -0.311 e. The molecular weight excluding hydrogens is 206 g/mol. The van der Waals surface area contributed by atoms with Crippen LogP contribution in [0, 0.1) is 5.92 Å². The molecule has 2 rings (SSSR count). The monoisotopic (exact) mass is 231 g/mol. The highest BCUT2D eigenvalue weighted by molar-refractivity contribution is 5.15. The lowest BCUT2D eigenvalue weighted by Crippen LogP contribution is -2.39. The fraction of sp³-hybridized carbons (Fsp3) is 0.625. The minimum absolute atomic E-state index is 0.577. The van der Waals surface area contributed by atoms with Crippen LogP contribution in [0.5, 0.6) is 0 Å². The molecular formula is C16H25N. The maximum atomic E-state index is 3.77. The first-order chi connectivity index (χ1) is 8.25. The topological polar surface area (TPSA) is 12.0 Å². The van der Waals surface area contributed by atoms with Gasteiger partial charge in [0, 0.05) is 12.1 Å². The van der Waals surface area contributed by atoms with Crippen molar-refractivity contribution in [2.75, 3.05) is 0 Å². The molecule has 1 aromatic carbocycles. The molecule has 94 valence electrons. The molecule has 1 nitrogen and oxygen atoms in total. The molecule has 17 heavy (non-hydrogen) atoms. The molecule has 0 aliphatic heterocycles. The van der Waals surface area contributed by atoms with E-state index in [4.69, 9.17) is 0 Å². The second kappa shape index (κ2) is 6.20. The number of hydrogen-bond donors (Lipinski definition) is 1. The third-order valence-corrected chi connectivity index (χ3v) is 4.04. The van der Waals surface area contributed by atoms with Crippen LogP contribution < -0.4 is 5.32 Å². The summed E-state index contributed by atoms with van der Waals surface area (Å²) in [6.45, 7) is 4.66. The van der Waals surface area contributed by atoms with Crippen molar-refractivity contribution in [1.82, 2.24) is 5.32 Å². The Morgan fingerprint density at radius 2 is 1.76 bits per heavy atom. The highest BCUT2D eigenvalue weighted by Crippen LogP contribution is 2.27. The summed E-state index contributed by atoms with van der Waals surface area (Å²) in [5, 5.41) is 3.77. The maximum Gasteiger partial charge on any atom is 0.00817 e. The van der Waals surface area contributed by atoms with Crippen molar-refractivity contribution in [2.24, 2.45) is 5.92 Å². The van der Waals surface area contributed by atoms with E-state index in [0.717, 1.165) is 12.3 Å². The standard InChI is InChI=1S/C16H25N/c1-13(12-15-8-4-3-5-9-15)17-14(2)16-10-6-7-11-16/h3-5,8-9,13-14,16-17H,6-7,10-12H2,1-2H3/t13?,14-/m1/s1. The van der Waals surface area contributed by atoms with E-state index in [0.29, 0.717) is 12.1 Å². The van der Waals surface area contributed by atoms with Crippen LogP contribution in [0.1, 0.15) is 45.1 Å². The first kappa shape index (κ1) is 12.6. The Balaban J connectivity index is 1.78. The van der Waals surface area contributed by atoms with Gasteiger partial charge in [-0.3, -0.25) is 0 Å². The first-order valence-corrected chi connectivity index (χ1v) is 7.05. The van der Waals surface area contributed by atoms with E-state index in [1.54, 1.807) is 0 Å². The zero-order valence-electron chi connectivity index (χ0n) is 11.2. The van der Waals surface area contributed by atoms with Crippen molar-refractivity contribution < 1.29 is 0 Å². The van der Waals surface area contributed by atoms with Gasteiger partial charge >= 0.3 is 0 Å². The van der Waals surface area contributed by atoms with Gasteiger partial charge in [-0.2, -0.15) is 0 Å². The third-order valence-electron chi connectivity index (χ3n) is 4.04. The van der Waals surface area contributed by atoms with Gasteiger partial charge in [-0.1, -0.05) is 43.2 Å². The van der Waals surface area contributed by atoms with Gasteiger partial charge in [0.15, 0.2) is 0 Å². The average Bonchev–Trinajstić information content (AvgIpc) is 2.83. The molecule has 2 atom stereocenters. The smallest absolute Gasteiger partial charge is 0.00817 e. The molecule has 1 saturated carbocycles. The van der Waals surface area contributed by atoms with Crippen molar-refractivity contribution in [3.8, 4) is 0 Å². The molecule has 0 amide bonds. The number of hydrogen-bond acceptors (Lipinski definition) is 1. The summed E-state index contributed by atoms with van der Waals surface area (Å²) in [6.07, 6.45) is 6.85. The van der Waals surface area contributed by atoms with Gasteiger partial charge in [-0.15, -0.1) is 0 Å². The first-order valence-electron chi connectivity index (χ1n) is 7.05. The lowest BCUT2D eigenvalue weighted by molar-refractivity contribution is 0.348. The second-order valence-electron chi connectivity index (χ2n) is 5.59. The van der Waals surface area contributed by atoms with Crippen LogP contribution in [0.4, 0.5) is 0 Å². The molecule has 1 aromatic rings. The summed E-state index contributed by atoms with van der Waals surface area (Å²) in [6, 6.07) is 12.0. The predicted molar refractivity (Wildman–Crippen MR) is 74.2 cm³/mol. The summed E-state index contributed by atoms with van der Waals surface area (Å²) in [7, 11) is 0. The molecule has 1 aliphatic carbocycles. The van der Waals surface area contributed by atoms with Crippen LogP contribution in [-0.2, 0) is 6.42 Å². The van der Waals surface area contributed by atoms with Gasteiger partial charge in [0.2, 0.25) is 0 Å². The second-order valence-corrected chi connectivity index (χ2v) is 5.59. The summed E-state index contributed by atoms with van der Waals surface area (Å²) in [4.78, 5) is 0. The summed E-state index contributed by atoms with van der Waals surface area (Å²) >= 11 is 0. The molecule has 0 saturated heterocycles. The normalized spacial score (nSPS) is 20.4. The fourth-order valence-electron chi connectivity index (χ4n) is 3.07. The number of nitrogens with one attached hydrogen (secondary N) is 1. The highest BCUT2D eigenvalue weighted by atomic mass is 14.9. The summed E-state index contributed by atoms with van der Waals surface area (Å²) < 4.78 is 0. The highest BCUT2D eigenvalue weighted by Gasteiger charge is 2.22. The zero-order valence-corrected chi connectivity index (χ0v) is 11.2. The number of benzene rings is 1. The van der Waals surface area contributed by atoms with E-state index in [2.05, 4.69) is 49.5 Å². The van der Waals surface area contributed by atoms with Gasteiger partial charge in [-0.25, -0.2) is 0 Å². The van der Waals surface area contributed by atoms with Crippen LogP contribution >= 0.6 is 0 Å². The third kappa shape index (κ3) is 3.85. The van der Waals surface area contributed by atoms with Gasteiger partial charge < -0.3 is 5.32 Å². The van der Waals surface area contributed by atoms with Crippen LogP contribution in [0.2, 0.25) is 0 Å². The van der Waals surface area contributed by atoms with Gasteiger partial charge in [-0.05, 0) is 44.6 Å². The van der Waals surface area contributed by atoms with Crippen molar-refractivity contribution in [1.29, 1.82) is 0 Å². The van der Waals surface area contributed by atoms with E-state index in [1.807, 2.05) is 0 Å². The zero-order chi connectivity index (χ0) is 12.1. The lowest BCUT2D eigenvalue weighted by atomic mass is 9.98. The Morgan fingerprint density at radius 3 is 2.41 bits per heavy atom. The minimum atomic E-state index is 0.577. The molecule has 1 fully saturated rings. The van der Waals surface area contributed by atoms with Crippen molar-refractivity contribution in [2.45, 2.75) is 58.0 Å². The van der Waals surface area contributed by atoms with E-state index >= 15 is 0 Å². The lowest BCUT2D eigenvalue weighted by Gasteiger charge is -2.25. The molecule has 1 aliphatic rings. The summed E-state index contributed by atoms with van der Waals surface area (Å²) in [5.74, 6) is 0.910. The molecule has 0 heterocycles. The SMILES string of the molecule is CC(Cc1ccccc1)N[C@H](C)C1CCCC1. The Morgan fingerprint density at radius 1 is 1.12 bits per heavy atom. The predicted octanol–water partition coefficient (Wildman–Crippen LogP) is 3.79. The van der Waals surface area contributed by atoms with Gasteiger partial charge in [0.1, 0.15) is 0 Å². The average molecular weight is 231 g/mol. The molecule has 1 heteroatoms. The molecule has 0 bridgehead atoms. The summed E-state index contributed by atoms with van der Waals surface area (Å²) in [5.41, 5.74) is 1.44.